The van der Waals surface area contributed by atoms with Gasteiger partial charge in [-0.15, -0.1) is 0 Å². The van der Waals surface area contributed by atoms with E-state index in [2.05, 4.69) is 26.1 Å². The van der Waals surface area contributed by atoms with Gasteiger partial charge in [-0.3, -0.25) is 0 Å². The highest BCUT2D eigenvalue weighted by molar-refractivity contribution is 5.04. The van der Waals surface area contributed by atoms with Gasteiger partial charge in [0.2, 0.25) is 0 Å². The van der Waals surface area contributed by atoms with Gasteiger partial charge >= 0.3 is 0 Å². The van der Waals surface area contributed by atoms with E-state index in [4.69, 9.17) is 5.73 Å². The van der Waals surface area contributed by atoms with Crippen LogP contribution in [0.5, 0.6) is 0 Å². The second-order valence-electron chi connectivity index (χ2n) is 3.80. The van der Waals surface area contributed by atoms with Crippen LogP contribution in [0.4, 0.5) is 0 Å². The third-order valence-electron chi connectivity index (χ3n) is 2.71. The molecule has 0 radical (unpaired) electrons. The highest BCUT2D eigenvalue weighted by atomic mass is 15.0. The molecule has 0 bridgehead atoms. The fraction of sp³-hybridized carbons (Fsp3) is 1.00. The van der Waals surface area contributed by atoms with E-state index >= 15 is 0 Å². The first kappa shape index (κ1) is 9.01. The third kappa shape index (κ3) is 1.74. The van der Waals surface area contributed by atoms with Crippen LogP contribution in [0.3, 0.4) is 0 Å². The second-order valence-corrected chi connectivity index (χ2v) is 3.80. The maximum atomic E-state index is 5.64. The standard InChI is InChI=1S/C9H20N2/c1-4-11-9-7(5-10)8(9)6(2)3/h6-9,11H,4-5,10H2,1-3H3. The van der Waals surface area contributed by atoms with E-state index in [1.807, 2.05) is 0 Å². The normalized spacial score (nSPS) is 36.3. The molecule has 2 nitrogen and oxygen atoms in total. The van der Waals surface area contributed by atoms with E-state index in [9.17, 15) is 0 Å². The Morgan fingerprint density at radius 3 is 2.36 bits per heavy atom. The molecule has 0 heterocycles. The van der Waals surface area contributed by atoms with Crippen LogP contribution in [0.1, 0.15) is 20.8 Å². The molecule has 1 aliphatic rings. The summed E-state index contributed by atoms with van der Waals surface area (Å²) in [5, 5.41) is 3.47. The maximum Gasteiger partial charge on any atom is 0.0145 e. The van der Waals surface area contributed by atoms with Gasteiger partial charge in [0.1, 0.15) is 0 Å². The van der Waals surface area contributed by atoms with Crippen molar-refractivity contribution in [1.82, 2.24) is 5.32 Å². The summed E-state index contributed by atoms with van der Waals surface area (Å²) in [5.41, 5.74) is 5.64. The molecule has 0 spiro atoms. The first-order chi connectivity index (χ1) is 5.22. The van der Waals surface area contributed by atoms with E-state index in [-0.39, 0.29) is 0 Å². The molecule has 1 rings (SSSR count). The zero-order valence-corrected chi connectivity index (χ0v) is 7.80. The molecule has 1 fully saturated rings. The summed E-state index contributed by atoms with van der Waals surface area (Å²) in [7, 11) is 0. The monoisotopic (exact) mass is 156 g/mol. The fourth-order valence-electron chi connectivity index (χ4n) is 2.14. The molecule has 2 heteroatoms. The minimum atomic E-state index is 0.713. The largest absolute Gasteiger partial charge is 0.330 e. The highest BCUT2D eigenvalue weighted by Crippen LogP contribution is 2.43. The Bertz CT molecular complexity index is 123. The SMILES string of the molecule is CCNC1C(CN)C1C(C)C. The van der Waals surface area contributed by atoms with Crippen LogP contribution in [-0.2, 0) is 0 Å². The average molecular weight is 156 g/mol. The Morgan fingerprint density at radius 1 is 1.45 bits per heavy atom. The van der Waals surface area contributed by atoms with Crippen molar-refractivity contribution in [2.45, 2.75) is 26.8 Å². The Balaban J connectivity index is 2.33. The summed E-state index contributed by atoms with van der Waals surface area (Å²) in [6, 6.07) is 0.713. The van der Waals surface area contributed by atoms with Crippen LogP contribution in [0.15, 0.2) is 0 Å². The summed E-state index contributed by atoms with van der Waals surface area (Å²) >= 11 is 0. The first-order valence-corrected chi connectivity index (χ1v) is 4.65. The molecule has 3 N–H and O–H groups in total. The zero-order valence-electron chi connectivity index (χ0n) is 7.80. The lowest BCUT2D eigenvalue weighted by atomic mass is 10.1. The Morgan fingerprint density at radius 2 is 2.09 bits per heavy atom. The van der Waals surface area contributed by atoms with Gasteiger partial charge in [-0.05, 0) is 30.8 Å². The molecular formula is C9H20N2. The molecule has 0 amide bonds. The molecule has 0 aromatic carbocycles. The minimum Gasteiger partial charge on any atom is -0.330 e. The van der Waals surface area contributed by atoms with Crippen molar-refractivity contribution in [2.24, 2.45) is 23.5 Å². The van der Waals surface area contributed by atoms with Crippen LogP contribution < -0.4 is 11.1 Å². The van der Waals surface area contributed by atoms with Crippen molar-refractivity contribution < 1.29 is 0 Å². The molecule has 1 saturated carbocycles. The molecule has 66 valence electrons. The summed E-state index contributed by atoms with van der Waals surface area (Å²) in [6.07, 6.45) is 0. The molecule has 0 saturated heterocycles. The topological polar surface area (TPSA) is 38.0 Å². The number of hydrogen-bond acceptors (Lipinski definition) is 2. The van der Waals surface area contributed by atoms with Crippen LogP contribution in [-0.4, -0.2) is 19.1 Å². The van der Waals surface area contributed by atoms with Crippen molar-refractivity contribution >= 4 is 0 Å². The molecule has 0 aliphatic heterocycles. The summed E-state index contributed by atoms with van der Waals surface area (Å²) in [4.78, 5) is 0. The Labute approximate surface area is 69.5 Å². The van der Waals surface area contributed by atoms with E-state index < -0.39 is 0 Å². The molecular weight excluding hydrogens is 136 g/mol. The van der Waals surface area contributed by atoms with Gasteiger partial charge in [-0.25, -0.2) is 0 Å². The molecule has 3 atom stereocenters. The number of nitrogens with two attached hydrogens (primary N) is 1. The molecule has 0 aromatic rings. The van der Waals surface area contributed by atoms with Crippen LogP contribution in [0.2, 0.25) is 0 Å². The lowest BCUT2D eigenvalue weighted by molar-refractivity contribution is 0.503. The number of hydrogen-bond donors (Lipinski definition) is 2. The van der Waals surface area contributed by atoms with Crippen LogP contribution >= 0.6 is 0 Å². The lowest BCUT2D eigenvalue weighted by Gasteiger charge is -2.02. The number of nitrogens with one attached hydrogen (secondary N) is 1. The minimum absolute atomic E-state index is 0.713. The molecule has 0 aromatic heterocycles. The third-order valence-corrected chi connectivity index (χ3v) is 2.71. The van der Waals surface area contributed by atoms with E-state index in [1.165, 1.54) is 0 Å². The van der Waals surface area contributed by atoms with Crippen molar-refractivity contribution in [3.8, 4) is 0 Å². The summed E-state index contributed by atoms with van der Waals surface area (Å²) in [6.45, 7) is 8.64. The van der Waals surface area contributed by atoms with E-state index in [0.29, 0.717) is 6.04 Å². The second kappa shape index (κ2) is 3.55. The Kier molecular flexibility index (Phi) is 2.90. The van der Waals surface area contributed by atoms with Crippen molar-refractivity contribution in [3.63, 3.8) is 0 Å². The molecule has 1 aliphatic carbocycles. The van der Waals surface area contributed by atoms with Gasteiger partial charge in [0.25, 0.3) is 0 Å². The summed E-state index contributed by atoms with van der Waals surface area (Å²) < 4.78 is 0. The van der Waals surface area contributed by atoms with Gasteiger partial charge in [0, 0.05) is 6.04 Å². The molecule has 3 unspecified atom stereocenters. The quantitative estimate of drug-likeness (QED) is 0.632. The Hall–Kier alpha value is -0.0800. The highest BCUT2D eigenvalue weighted by Gasteiger charge is 2.49. The van der Waals surface area contributed by atoms with Gasteiger partial charge in [-0.1, -0.05) is 20.8 Å². The smallest absolute Gasteiger partial charge is 0.0145 e. The average Bonchev–Trinajstić information content (AvgIpc) is 2.63. The fourth-order valence-corrected chi connectivity index (χ4v) is 2.14. The van der Waals surface area contributed by atoms with Crippen molar-refractivity contribution in [3.05, 3.63) is 0 Å². The number of rotatable bonds is 4. The van der Waals surface area contributed by atoms with Crippen LogP contribution in [0, 0.1) is 17.8 Å². The van der Waals surface area contributed by atoms with Crippen molar-refractivity contribution in [2.75, 3.05) is 13.1 Å². The predicted molar refractivity (Wildman–Crippen MR) is 48.3 cm³/mol. The zero-order chi connectivity index (χ0) is 8.43. The van der Waals surface area contributed by atoms with Crippen molar-refractivity contribution in [1.29, 1.82) is 0 Å². The van der Waals surface area contributed by atoms with E-state index in [0.717, 1.165) is 30.8 Å². The van der Waals surface area contributed by atoms with Gasteiger partial charge in [0.15, 0.2) is 0 Å². The summed E-state index contributed by atoms with van der Waals surface area (Å²) in [5.74, 6) is 2.36. The first-order valence-electron chi connectivity index (χ1n) is 4.65. The van der Waals surface area contributed by atoms with Gasteiger partial charge in [-0.2, -0.15) is 0 Å². The van der Waals surface area contributed by atoms with Gasteiger partial charge in [0.05, 0.1) is 0 Å². The molecule has 11 heavy (non-hydrogen) atoms. The van der Waals surface area contributed by atoms with E-state index in [1.54, 1.807) is 0 Å². The predicted octanol–water partition coefficient (Wildman–Crippen LogP) is 0.825. The van der Waals surface area contributed by atoms with Crippen LogP contribution in [0.25, 0.3) is 0 Å². The van der Waals surface area contributed by atoms with Gasteiger partial charge < -0.3 is 11.1 Å². The lowest BCUT2D eigenvalue weighted by Crippen LogP contribution is -2.20. The maximum absolute atomic E-state index is 5.64.